The second-order valence-corrected chi connectivity index (χ2v) is 15.4. The van der Waals surface area contributed by atoms with Gasteiger partial charge in [-0.3, -0.25) is 4.79 Å². The highest BCUT2D eigenvalue weighted by atomic mass is 28.4. The van der Waals surface area contributed by atoms with Crippen molar-refractivity contribution in [3.63, 3.8) is 0 Å². The number of hydrogen-bond donors (Lipinski definition) is 0. The lowest BCUT2D eigenvalue weighted by Gasteiger charge is -2.46. The van der Waals surface area contributed by atoms with E-state index >= 15 is 0 Å². The van der Waals surface area contributed by atoms with Crippen LogP contribution in [0.5, 0.6) is 5.75 Å². The monoisotopic (exact) mass is 493 g/mol. The van der Waals surface area contributed by atoms with Gasteiger partial charge in [-0.15, -0.1) is 6.58 Å². The molecule has 1 rings (SSSR count). The van der Waals surface area contributed by atoms with E-state index in [0.717, 1.165) is 11.3 Å². The van der Waals surface area contributed by atoms with Crippen molar-refractivity contribution in [3.8, 4) is 5.75 Å². The highest BCUT2D eigenvalue weighted by Crippen LogP contribution is 2.43. The van der Waals surface area contributed by atoms with Crippen molar-refractivity contribution in [1.82, 2.24) is 4.90 Å². The van der Waals surface area contributed by atoms with Crippen LogP contribution in [0, 0.1) is 0 Å². The number of methoxy groups -OCH3 is 1. The van der Waals surface area contributed by atoms with E-state index in [4.69, 9.17) is 18.6 Å². The highest BCUT2D eigenvalue weighted by molar-refractivity contribution is 6.77. The van der Waals surface area contributed by atoms with Gasteiger partial charge >= 0.3 is 0 Å². The number of rotatable bonds is 16. The third-order valence-corrected chi connectivity index (χ3v) is 12.6. The van der Waals surface area contributed by atoms with Crippen LogP contribution in [-0.2, 0) is 25.3 Å². The normalized spacial score (nSPS) is 13.9. The Morgan fingerprint density at radius 3 is 2.00 bits per heavy atom. The van der Waals surface area contributed by atoms with Crippen molar-refractivity contribution < 1.29 is 23.4 Å². The molecule has 0 bridgehead atoms. The molecule has 0 unspecified atom stereocenters. The molecule has 6 nitrogen and oxygen atoms in total. The number of benzene rings is 1. The second kappa shape index (κ2) is 14.7. The number of hydrogen-bond acceptors (Lipinski definition) is 5. The van der Waals surface area contributed by atoms with E-state index in [1.165, 1.54) is 4.90 Å². The average Bonchev–Trinajstić information content (AvgIpc) is 2.78. The summed E-state index contributed by atoms with van der Waals surface area (Å²) >= 11 is 0. The van der Waals surface area contributed by atoms with E-state index < -0.39 is 8.32 Å². The van der Waals surface area contributed by atoms with E-state index in [9.17, 15) is 4.79 Å². The zero-order valence-electron chi connectivity index (χ0n) is 22.8. The molecule has 0 saturated heterocycles. The zero-order chi connectivity index (χ0) is 25.9. The molecule has 0 aliphatic carbocycles. The minimum Gasteiger partial charge on any atom is -0.497 e. The Labute approximate surface area is 208 Å². The van der Waals surface area contributed by atoms with Crippen molar-refractivity contribution >= 4 is 14.2 Å². The minimum atomic E-state index is -2.17. The molecule has 194 valence electrons. The summed E-state index contributed by atoms with van der Waals surface area (Å²) in [6, 6.07) is 7.80. The van der Waals surface area contributed by atoms with Crippen molar-refractivity contribution in [2.24, 2.45) is 0 Å². The molecule has 0 saturated carbocycles. The van der Waals surface area contributed by atoms with Gasteiger partial charge in [0, 0.05) is 14.1 Å². The predicted octanol–water partition coefficient (Wildman–Crippen LogP) is 5.82. The number of likely N-dealkylation sites (N-methyl/N-ethyl adjacent to an activating group) is 1. The second-order valence-electron chi connectivity index (χ2n) is 10.00. The first-order valence-corrected chi connectivity index (χ1v) is 14.4. The maximum atomic E-state index is 12.3. The van der Waals surface area contributed by atoms with Crippen LogP contribution in [0.3, 0.4) is 0 Å². The topological polar surface area (TPSA) is 57.2 Å². The van der Waals surface area contributed by atoms with Gasteiger partial charge in [-0.25, -0.2) is 0 Å². The van der Waals surface area contributed by atoms with Gasteiger partial charge in [0.15, 0.2) is 0 Å². The fourth-order valence-corrected chi connectivity index (χ4v) is 10.3. The van der Waals surface area contributed by atoms with Crippen LogP contribution >= 0.6 is 0 Å². The molecular formula is C27H47NO5Si. The molecule has 0 fully saturated rings. The third-order valence-electron chi connectivity index (χ3n) is 6.51. The fourth-order valence-electron chi connectivity index (χ4n) is 4.70. The molecule has 34 heavy (non-hydrogen) atoms. The molecule has 0 heterocycles. The maximum absolute atomic E-state index is 12.3. The Balaban J connectivity index is 3.11. The van der Waals surface area contributed by atoms with E-state index in [-0.39, 0.29) is 24.7 Å². The van der Waals surface area contributed by atoms with E-state index in [1.54, 1.807) is 21.2 Å². The fraction of sp³-hybridized carbons (Fsp3) is 0.667. The van der Waals surface area contributed by atoms with Crippen LogP contribution in [0.15, 0.2) is 36.9 Å². The molecule has 0 spiro atoms. The largest absolute Gasteiger partial charge is 0.497 e. The van der Waals surface area contributed by atoms with Gasteiger partial charge in [-0.05, 0) is 40.7 Å². The summed E-state index contributed by atoms with van der Waals surface area (Å²) < 4.78 is 24.5. The molecule has 0 aliphatic heterocycles. The molecule has 1 amide bonds. The van der Waals surface area contributed by atoms with Crippen molar-refractivity contribution in [2.75, 3.05) is 34.4 Å². The van der Waals surface area contributed by atoms with Gasteiger partial charge in [-0.2, -0.15) is 0 Å². The number of carbonyl (C=O) groups is 1. The summed E-state index contributed by atoms with van der Waals surface area (Å²) in [5, 5.41) is 0. The van der Waals surface area contributed by atoms with Gasteiger partial charge < -0.3 is 23.5 Å². The van der Waals surface area contributed by atoms with E-state index in [0.29, 0.717) is 36.3 Å². The van der Waals surface area contributed by atoms with Gasteiger partial charge in [-0.1, -0.05) is 59.8 Å². The van der Waals surface area contributed by atoms with Crippen LogP contribution in [0.25, 0.3) is 0 Å². The smallest absolute Gasteiger partial charge is 0.248 e. The van der Waals surface area contributed by atoms with Crippen LogP contribution in [0.4, 0.5) is 0 Å². The summed E-state index contributed by atoms with van der Waals surface area (Å²) in [6.45, 7) is 18.3. The van der Waals surface area contributed by atoms with Gasteiger partial charge in [0.2, 0.25) is 14.2 Å². The molecule has 2 atom stereocenters. The molecule has 0 aliphatic rings. The molecule has 0 aromatic heterocycles. The quantitative estimate of drug-likeness (QED) is 0.214. The summed E-state index contributed by atoms with van der Waals surface area (Å²) in [5.41, 5.74) is 2.35. The van der Waals surface area contributed by atoms with Gasteiger partial charge in [0.1, 0.15) is 18.5 Å². The number of carbonyl (C=O) groups excluding carboxylic acids is 1. The summed E-state index contributed by atoms with van der Waals surface area (Å²) in [5.74, 6) is 0.724. The predicted molar refractivity (Wildman–Crippen MR) is 142 cm³/mol. The Hall–Kier alpha value is -1.67. The standard InChI is InChI=1S/C27H47NO5Si/c1-11-12-25(33-34(20(2)3,21(4)5)22(6)7)26(32-19-27(29)28(8)9)18-31-17-23-13-15-24(30-10)16-14-23/h11,13-16,20-22,25-26H,1,12,17-19H2,2-10H3/t25-,26-/m0/s1. The Morgan fingerprint density at radius 1 is 1.00 bits per heavy atom. The zero-order valence-corrected chi connectivity index (χ0v) is 23.8. The highest BCUT2D eigenvalue weighted by Gasteiger charge is 2.47. The first-order chi connectivity index (χ1) is 16.0. The van der Waals surface area contributed by atoms with E-state index in [2.05, 4.69) is 48.1 Å². The first-order valence-electron chi connectivity index (χ1n) is 12.3. The van der Waals surface area contributed by atoms with Gasteiger partial charge in [0.25, 0.3) is 0 Å². The summed E-state index contributed by atoms with van der Waals surface area (Å²) in [6.07, 6.45) is 1.89. The Morgan fingerprint density at radius 2 is 1.56 bits per heavy atom. The van der Waals surface area contributed by atoms with Crippen LogP contribution in [0.2, 0.25) is 16.6 Å². The molecule has 7 heteroatoms. The molecule has 1 aromatic rings. The Bertz CT molecular complexity index is 711. The SMILES string of the molecule is C=CC[C@H](O[Si](C(C)C)(C(C)C)C(C)C)[C@H](COCc1ccc(OC)cc1)OCC(=O)N(C)C. The first kappa shape index (κ1) is 30.4. The lowest BCUT2D eigenvalue weighted by atomic mass is 10.1. The Kier molecular flexibility index (Phi) is 13.1. The lowest BCUT2D eigenvalue weighted by molar-refractivity contribution is -0.141. The van der Waals surface area contributed by atoms with Gasteiger partial charge in [0.05, 0.1) is 26.4 Å². The number of ether oxygens (including phenoxy) is 3. The van der Waals surface area contributed by atoms with Crippen LogP contribution in [0.1, 0.15) is 53.5 Å². The molecule has 0 N–H and O–H groups in total. The van der Waals surface area contributed by atoms with Crippen LogP contribution in [-0.4, -0.2) is 65.8 Å². The van der Waals surface area contributed by atoms with E-state index in [1.807, 2.05) is 30.3 Å². The summed E-state index contributed by atoms with van der Waals surface area (Å²) in [4.78, 5) is 13.8. The minimum absolute atomic E-state index is 0.0137. The molecule has 1 aromatic carbocycles. The molecular weight excluding hydrogens is 446 g/mol. The summed E-state index contributed by atoms with van der Waals surface area (Å²) in [7, 11) is 2.93. The maximum Gasteiger partial charge on any atom is 0.248 e. The molecule has 0 radical (unpaired) electrons. The van der Waals surface area contributed by atoms with Crippen molar-refractivity contribution in [1.29, 1.82) is 0 Å². The third kappa shape index (κ3) is 8.52. The van der Waals surface area contributed by atoms with Crippen molar-refractivity contribution in [2.45, 2.75) is 83.4 Å². The van der Waals surface area contributed by atoms with Crippen LogP contribution < -0.4 is 4.74 Å². The number of amides is 1. The average molecular weight is 494 g/mol. The lowest BCUT2D eigenvalue weighted by Crippen LogP contribution is -2.53. The van der Waals surface area contributed by atoms with Crippen molar-refractivity contribution in [3.05, 3.63) is 42.5 Å². The number of nitrogens with zero attached hydrogens (tertiary/aromatic N) is 1.